The monoisotopic (exact) mass is 312 g/mol. The highest BCUT2D eigenvalue weighted by Gasteiger charge is 2.30. The van der Waals surface area contributed by atoms with Gasteiger partial charge in [-0.15, -0.1) is 0 Å². The van der Waals surface area contributed by atoms with Gasteiger partial charge in [0.25, 0.3) is 5.91 Å². The third kappa shape index (κ3) is 2.96. The van der Waals surface area contributed by atoms with Crippen LogP contribution >= 0.6 is 0 Å². The van der Waals surface area contributed by atoms with Crippen molar-refractivity contribution in [3.05, 3.63) is 29.1 Å². The van der Waals surface area contributed by atoms with Gasteiger partial charge in [0.2, 0.25) is 5.95 Å². The molecular weight excluding hydrogens is 288 g/mol. The van der Waals surface area contributed by atoms with Crippen molar-refractivity contribution in [2.24, 2.45) is 0 Å². The Labute approximate surface area is 137 Å². The van der Waals surface area contributed by atoms with E-state index >= 15 is 0 Å². The summed E-state index contributed by atoms with van der Waals surface area (Å²) in [6.07, 6.45) is 12.5. The Morgan fingerprint density at radius 1 is 1.13 bits per heavy atom. The lowest BCUT2D eigenvalue weighted by Gasteiger charge is -2.18. The first-order valence-corrected chi connectivity index (χ1v) is 8.89. The fourth-order valence-electron chi connectivity index (χ4n) is 3.79. The van der Waals surface area contributed by atoms with Crippen LogP contribution in [0, 0.1) is 0 Å². The lowest BCUT2D eigenvalue weighted by Crippen LogP contribution is -2.25. The van der Waals surface area contributed by atoms with Gasteiger partial charge >= 0.3 is 0 Å². The molecule has 1 aliphatic carbocycles. The van der Waals surface area contributed by atoms with Gasteiger partial charge in [-0.2, -0.15) is 0 Å². The number of carbonyl (C=O) groups is 1. The molecule has 1 aromatic heterocycles. The van der Waals surface area contributed by atoms with Gasteiger partial charge in [0, 0.05) is 25.8 Å². The molecule has 5 heteroatoms. The first-order valence-electron chi connectivity index (χ1n) is 8.89. The first-order chi connectivity index (χ1) is 11.3. The van der Waals surface area contributed by atoms with Gasteiger partial charge in [0.15, 0.2) is 0 Å². The smallest absolute Gasteiger partial charge is 0.257 e. The highest BCUT2D eigenvalue weighted by molar-refractivity contribution is 5.97. The minimum atomic E-state index is 0.101. The molecule has 1 saturated heterocycles. The number of hydrogen-bond donors (Lipinski definition) is 0. The highest BCUT2D eigenvalue weighted by Crippen LogP contribution is 2.26. The fraction of sp³-hybridized carbons (Fsp3) is 0.611. The van der Waals surface area contributed by atoms with E-state index in [1.807, 2.05) is 4.90 Å². The lowest BCUT2D eigenvalue weighted by molar-refractivity contribution is 0.0779. The molecule has 0 atom stereocenters. The Balaban J connectivity index is 1.43. The SMILES string of the molecule is O=C1c2cnc(N3CCCC3)nc2CN1CCC1=CCCCC1. The normalized spacial score (nSPS) is 20.9. The average molecular weight is 312 g/mol. The highest BCUT2D eigenvalue weighted by atomic mass is 16.2. The summed E-state index contributed by atoms with van der Waals surface area (Å²) in [4.78, 5) is 25.8. The van der Waals surface area contributed by atoms with Crippen LogP contribution in [0.4, 0.5) is 5.95 Å². The van der Waals surface area contributed by atoms with Gasteiger partial charge in [0.1, 0.15) is 0 Å². The first kappa shape index (κ1) is 14.7. The van der Waals surface area contributed by atoms with Crippen LogP contribution in [0.3, 0.4) is 0 Å². The number of fused-ring (bicyclic) bond motifs is 1. The van der Waals surface area contributed by atoms with E-state index in [2.05, 4.69) is 20.9 Å². The summed E-state index contributed by atoms with van der Waals surface area (Å²) in [5, 5.41) is 0. The summed E-state index contributed by atoms with van der Waals surface area (Å²) in [7, 11) is 0. The molecule has 0 spiro atoms. The Hall–Kier alpha value is -1.91. The molecule has 1 fully saturated rings. The molecular formula is C18H24N4O. The summed E-state index contributed by atoms with van der Waals surface area (Å²) in [5.74, 6) is 0.898. The van der Waals surface area contributed by atoms with E-state index in [0.29, 0.717) is 12.1 Å². The molecule has 0 saturated carbocycles. The molecule has 2 aliphatic heterocycles. The van der Waals surface area contributed by atoms with Crippen LogP contribution in [0.15, 0.2) is 17.8 Å². The van der Waals surface area contributed by atoms with Gasteiger partial charge in [-0.25, -0.2) is 9.97 Å². The molecule has 1 amide bonds. The third-order valence-electron chi connectivity index (χ3n) is 5.19. The van der Waals surface area contributed by atoms with Crippen LogP contribution in [0.1, 0.15) is 61.0 Å². The van der Waals surface area contributed by atoms with E-state index in [1.54, 1.807) is 6.20 Å². The molecule has 5 nitrogen and oxygen atoms in total. The molecule has 0 bridgehead atoms. The molecule has 0 aromatic carbocycles. The minimum absolute atomic E-state index is 0.101. The van der Waals surface area contributed by atoms with Crippen molar-refractivity contribution >= 4 is 11.9 Å². The van der Waals surface area contributed by atoms with E-state index in [4.69, 9.17) is 0 Å². The molecule has 1 aromatic rings. The Kier molecular flexibility index (Phi) is 4.02. The van der Waals surface area contributed by atoms with Crippen molar-refractivity contribution in [3.63, 3.8) is 0 Å². The van der Waals surface area contributed by atoms with Crippen molar-refractivity contribution in [3.8, 4) is 0 Å². The second kappa shape index (κ2) is 6.30. The average Bonchev–Trinajstić information content (AvgIpc) is 3.22. The molecule has 0 unspecified atom stereocenters. The van der Waals surface area contributed by atoms with Gasteiger partial charge in [0.05, 0.1) is 17.8 Å². The van der Waals surface area contributed by atoms with Crippen molar-refractivity contribution in [1.82, 2.24) is 14.9 Å². The zero-order chi connectivity index (χ0) is 15.6. The lowest BCUT2D eigenvalue weighted by atomic mass is 9.97. The van der Waals surface area contributed by atoms with Gasteiger partial charge in [-0.1, -0.05) is 11.6 Å². The zero-order valence-electron chi connectivity index (χ0n) is 13.6. The predicted molar refractivity (Wildman–Crippen MR) is 89.4 cm³/mol. The number of allylic oxidation sites excluding steroid dienone is 1. The van der Waals surface area contributed by atoms with Crippen molar-refractivity contribution in [2.75, 3.05) is 24.5 Å². The Morgan fingerprint density at radius 2 is 2.00 bits per heavy atom. The number of carbonyl (C=O) groups excluding carboxylic acids is 1. The topological polar surface area (TPSA) is 49.3 Å². The Morgan fingerprint density at radius 3 is 2.78 bits per heavy atom. The molecule has 122 valence electrons. The Bertz CT molecular complexity index is 634. The van der Waals surface area contributed by atoms with Crippen molar-refractivity contribution in [1.29, 1.82) is 0 Å². The van der Waals surface area contributed by atoms with Crippen LogP contribution < -0.4 is 4.90 Å². The fourth-order valence-corrected chi connectivity index (χ4v) is 3.79. The molecule has 0 radical (unpaired) electrons. The van der Waals surface area contributed by atoms with Gasteiger partial charge in [-0.3, -0.25) is 4.79 Å². The van der Waals surface area contributed by atoms with E-state index in [1.165, 1.54) is 44.1 Å². The largest absolute Gasteiger partial charge is 0.341 e. The quantitative estimate of drug-likeness (QED) is 0.802. The molecule has 3 aliphatic rings. The van der Waals surface area contributed by atoms with E-state index < -0.39 is 0 Å². The third-order valence-corrected chi connectivity index (χ3v) is 5.19. The van der Waals surface area contributed by atoms with Crippen LogP contribution in [-0.4, -0.2) is 40.4 Å². The predicted octanol–water partition coefficient (Wildman–Crippen LogP) is 2.92. The van der Waals surface area contributed by atoms with E-state index in [-0.39, 0.29) is 5.91 Å². The second-order valence-electron chi connectivity index (χ2n) is 6.81. The van der Waals surface area contributed by atoms with Gasteiger partial charge < -0.3 is 9.80 Å². The van der Waals surface area contributed by atoms with Crippen LogP contribution in [0.2, 0.25) is 0 Å². The van der Waals surface area contributed by atoms with Crippen LogP contribution in [-0.2, 0) is 6.54 Å². The van der Waals surface area contributed by atoms with Crippen molar-refractivity contribution < 1.29 is 4.79 Å². The maximum atomic E-state index is 12.5. The number of amides is 1. The molecule has 3 heterocycles. The molecule has 23 heavy (non-hydrogen) atoms. The molecule has 0 N–H and O–H groups in total. The maximum absolute atomic E-state index is 12.5. The summed E-state index contributed by atoms with van der Waals surface area (Å²) in [6.45, 7) is 3.51. The van der Waals surface area contributed by atoms with Gasteiger partial charge in [-0.05, 0) is 44.9 Å². The maximum Gasteiger partial charge on any atom is 0.257 e. The second-order valence-corrected chi connectivity index (χ2v) is 6.81. The minimum Gasteiger partial charge on any atom is -0.341 e. The number of rotatable bonds is 4. The molecule has 4 rings (SSSR count). The van der Waals surface area contributed by atoms with Crippen LogP contribution in [0.25, 0.3) is 0 Å². The number of hydrogen-bond acceptors (Lipinski definition) is 4. The number of nitrogens with zero attached hydrogens (tertiary/aromatic N) is 4. The van der Waals surface area contributed by atoms with Crippen molar-refractivity contribution in [2.45, 2.75) is 51.5 Å². The number of aromatic nitrogens is 2. The van der Waals surface area contributed by atoms with E-state index in [9.17, 15) is 4.79 Å². The summed E-state index contributed by atoms with van der Waals surface area (Å²) in [5.41, 5.74) is 3.12. The summed E-state index contributed by atoms with van der Waals surface area (Å²) >= 11 is 0. The standard InChI is InChI=1S/C18H24N4O/c23-17-15-12-19-18(21-9-4-5-10-21)20-16(15)13-22(17)11-8-14-6-2-1-3-7-14/h6,12H,1-5,7-11,13H2. The zero-order valence-corrected chi connectivity index (χ0v) is 13.6. The summed E-state index contributed by atoms with van der Waals surface area (Å²) < 4.78 is 0. The van der Waals surface area contributed by atoms with E-state index in [0.717, 1.165) is 37.7 Å². The number of anilines is 1. The summed E-state index contributed by atoms with van der Waals surface area (Å²) in [6, 6.07) is 0. The van der Waals surface area contributed by atoms with Crippen LogP contribution in [0.5, 0.6) is 0 Å².